The monoisotopic (exact) mass is 382 g/mol. The van der Waals surface area contributed by atoms with Gasteiger partial charge in [-0.1, -0.05) is 25.1 Å². The Bertz CT molecular complexity index is 971. The summed E-state index contributed by atoms with van der Waals surface area (Å²) in [7, 11) is 0. The average Bonchev–Trinajstić information content (AvgIpc) is 2.69. The van der Waals surface area contributed by atoms with Crippen molar-refractivity contribution in [1.29, 1.82) is 0 Å². The number of para-hydroxylation sites is 1. The Balaban J connectivity index is 1.87. The summed E-state index contributed by atoms with van der Waals surface area (Å²) < 4.78 is 20.5. The van der Waals surface area contributed by atoms with Crippen LogP contribution < -0.4 is 15.4 Å². The lowest BCUT2D eigenvalue weighted by Gasteiger charge is -2.12. The van der Waals surface area contributed by atoms with E-state index in [1.54, 1.807) is 29.1 Å². The first-order valence-corrected chi connectivity index (χ1v) is 8.95. The molecule has 3 rings (SSSR count). The minimum absolute atomic E-state index is 0.252. The van der Waals surface area contributed by atoms with Crippen molar-refractivity contribution in [2.75, 3.05) is 11.9 Å². The van der Waals surface area contributed by atoms with Crippen molar-refractivity contribution < 1.29 is 9.13 Å². The quantitative estimate of drug-likeness (QED) is 0.675. The Morgan fingerprint density at radius 1 is 1.19 bits per heavy atom. The highest BCUT2D eigenvalue weighted by molar-refractivity contribution is 7.80. The molecule has 1 heterocycles. The molecule has 0 atom stereocenters. The molecule has 3 aromatic rings. The lowest BCUT2D eigenvalue weighted by atomic mass is 10.3. The van der Waals surface area contributed by atoms with Crippen LogP contribution in [-0.2, 0) is 0 Å². The number of nitrogens with zero attached hydrogens (tertiary/aromatic N) is 3. The first kappa shape index (κ1) is 18.7. The van der Waals surface area contributed by atoms with Crippen LogP contribution >= 0.6 is 12.2 Å². The molecule has 0 aliphatic carbocycles. The van der Waals surface area contributed by atoms with Gasteiger partial charge in [-0.25, -0.2) is 14.1 Å². The van der Waals surface area contributed by atoms with E-state index in [1.807, 2.05) is 37.3 Å². The highest BCUT2D eigenvalue weighted by Gasteiger charge is 2.05. The summed E-state index contributed by atoms with van der Waals surface area (Å²) in [5.74, 6) is 0.271. The van der Waals surface area contributed by atoms with Gasteiger partial charge in [0.1, 0.15) is 5.82 Å². The fourth-order valence-corrected chi connectivity index (χ4v) is 2.56. The molecule has 0 unspecified atom stereocenters. The Morgan fingerprint density at radius 3 is 2.63 bits per heavy atom. The van der Waals surface area contributed by atoms with Crippen molar-refractivity contribution >= 4 is 23.0 Å². The molecule has 0 fully saturated rings. The maximum atomic E-state index is 13.0. The number of hydrogen-bond donors (Lipinski definition) is 1. The van der Waals surface area contributed by atoms with Gasteiger partial charge >= 0.3 is 0 Å². The van der Waals surface area contributed by atoms with Gasteiger partial charge in [0.25, 0.3) is 0 Å². The molecular weight excluding hydrogens is 363 g/mol. The second-order valence-corrected chi connectivity index (χ2v) is 6.08. The largest absolute Gasteiger partial charge is 0.478 e. The fraction of sp³-hybridized carbons (Fsp3) is 0.150. The average molecular weight is 382 g/mol. The van der Waals surface area contributed by atoms with Crippen LogP contribution in [0.2, 0.25) is 0 Å². The first-order chi connectivity index (χ1) is 13.2. The van der Waals surface area contributed by atoms with Gasteiger partial charge in [-0.15, -0.1) is 0 Å². The van der Waals surface area contributed by atoms with Crippen molar-refractivity contribution in [3.8, 4) is 11.6 Å². The number of thiocarbonyl (C=S) groups is 1. The van der Waals surface area contributed by atoms with Gasteiger partial charge in [-0.2, -0.15) is 5.10 Å². The minimum Gasteiger partial charge on any atom is -0.478 e. The number of rotatable bonds is 5. The van der Waals surface area contributed by atoms with Crippen LogP contribution in [0.15, 0.2) is 71.9 Å². The lowest BCUT2D eigenvalue weighted by molar-refractivity contribution is 0.291. The highest BCUT2D eigenvalue weighted by atomic mass is 32.1. The normalized spacial score (nSPS) is 11.3. The molecule has 0 radical (unpaired) electrons. The van der Waals surface area contributed by atoms with Crippen LogP contribution in [0.3, 0.4) is 0 Å². The summed E-state index contributed by atoms with van der Waals surface area (Å²) in [5, 5.41) is 8.20. The van der Waals surface area contributed by atoms with E-state index in [2.05, 4.69) is 15.4 Å². The predicted molar refractivity (Wildman–Crippen MR) is 108 cm³/mol. The van der Waals surface area contributed by atoms with E-state index in [9.17, 15) is 4.39 Å². The lowest BCUT2D eigenvalue weighted by Crippen LogP contribution is -2.17. The zero-order valence-corrected chi connectivity index (χ0v) is 15.6. The Morgan fingerprint density at radius 2 is 1.93 bits per heavy atom. The van der Waals surface area contributed by atoms with Crippen LogP contribution in [0.4, 0.5) is 10.1 Å². The third-order valence-corrected chi connectivity index (χ3v) is 3.76. The second kappa shape index (κ2) is 9.05. The maximum Gasteiger partial charge on any atom is 0.217 e. The predicted octanol–water partition coefficient (Wildman–Crippen LogP) is 4.10. The van der Waals surface area contributed by atoms with Crippen molar-refractivity contribution in [2.45, 2.75) is 13.3 Å². The molecule has 1 aromatic heterocycles. The Kier molecular flexibility index (Phi) is 6.27. The van der Waals surface area contributed by atoms with E-state index < -0.39 is 0 Å². The molecule has 0 aliphatic rings. The molecule has 0 spiro atoms. The van der Waals surface area contributed by atoms with Gasteiger partial charge in [-0.05, 0) is 55.0 Å². The Hall–Kier alpha value is -3.06. The van der Waals surface area contributed by atoms with Gasteiger partial charge in [0, 0.05) is 11.8 Å². The van der Waals surface area contributed by atoms with Crippen molar-refractivity contribution in [2.24, 2.45) is 4.99 Å². The number of ether oxygens (including phenoxy) is 1. The summed E-state index contributed by atoms with van der Waals surface area (Å²) in [5.41, 5.74) is 1.55. The molecule has 5 nitrogen and oxygen atoms in total. The molecule has 0 saturated carbocycles. The zero-order chi connectivity index (χ0) is 19.1. The summed E-state index contributed by atoms with van der Waals surface area (Å²) in [6.07, 6.45) is 2.49. The van der Waals surface area contributed by atoms with Crippen molar-refractivity contribution in [3.63, 3.8) is 0 Å². The summed E-state index contributed by atoms with van der Waals surface area (Å²) in [6, 6.07) is 17.4. The topological polar surface area (TPSA) is 51.4 Å². The fourth-order valence-electron chi connectivity index (χ4n) is 2.33. The standard InChI is InChI=1S/C20H19FN4OS/c1-2-12-26-19-13-17(14-22-25(19)18-6-4-3-5-7-18)24-20(27)23-16-10-8-15(21)9-11-16/h3-11,13-14H,2,12H2,1H3,(H,23,27). The molecule has 138 valence electrons. The number of hydrogen-bond acceptors (Lipinski definition) is 3. The number of nitrogens with one attached hydrogen (secondary N) is 1. The van der Waals surface area contributed by atoms with E-state index in [0.29, 0.717) is 23.5 Å². The smallest absolute Gasteiger partial charge is 0.217 e. The molecule has 0 aliphatic heterocycles. The minimum atomic E-state index is -0.307. The molecule has 0 bridgehead atoms. The Labute approximate surface area is 162 Å². The van der Waals surface area contributed by atoms with E-state index in [1.165, 1.54) is 12.1 Å². The van der Waals surface area contributed by atoms with E-state index in [4.69, 9.17) is 17.0 Å². The maximum absolute atomic E-state index is 13.0. The van der Waals surface area contributed by atoms with Crippen LogP contribution in [0.1, 0.15) is 13.3 Å². The van der Waals surface area contributed by atoms with Gasteiger partial charge in [0.05, 0.1) is 23.8 Å². The van der Waals surface area contributed by atoms with Crippen LogP contribution in [0.5, 0.6) is 5.88 Å². The number of halogens is 1. The third kappa shape index (κ3) is 5.21. The van der Waals surface area contributed by atoms with Gasteiger partial charge in [0.15, 0.2) is 5.11 Å². The van der Waals surface area contributed by atoms with Gasteiger partial charge in [-0.3, -0.25) is 0 Å². The van der Waals surface area contributed by atoms with Gasteiger partial charge < -0.3 is 10.1 Å². The van der Waals surface area contributed by atoms with Crippen LogP contribution in [-0.4, -0.2) is 21.5 Å². The zero-order valence-electron chi connectivity index (χ0n) is 14.8. The molecule has 7 heteroatoms. The molecule has 0 amide bonds. The third-order valence-electron chi connectivity index (χ3n) is 3.57. The molecule has 2 aromatic carbocycles. The van der Waals surface area contributed by atoms with Crippen LogP contribution in [0.25, 0.3) is 5.69 Å². The summed E-state index contributed by atoms with van der Waals surface area (Å²) in [4.78, 5) is 4.35. The summed E-state index contributed by atoms with van der Waals surface area (Å²) >= 11 is 5.26. The molecule has 27 heavy (non-hydrogen) atoms. The van der Waals surface area contributed by atoms with Crippen LogP contribution in [0, 0.1) is 5.82 Å². The number of aromatic nitrogens is 2. The number of benzene rings is 2. The highest BCUT2D eigenvalue weighted by Crippen LogP contribution is 2.14. The molecule has 0 saturated heterocycles. The van der Waals surface area contributed by atoms with E-state index in [0.717, 1.165) is 12.1 Å². The second-order valence-electron chi connectivity index (χ2n) is 5.70. The molecule has 1 N–H and O–H groups in total. The summed E-state index contributed by atoms with van der Waals surface area (Å²) in [6.45, 7) is 2.60. The van der Waals surface area contributed by atoms with Crippen molar-refractivity contribution in [1.82, 2.24) is 9.78 Å². The van der Waals surface area contributed by atoms with E-state index in [-0.39, 0.29) is 10.9 Å². The van der Waals surface area contributed by atoms with Crippen molar-refractivity contribution in [3.05, 3.63) is 78.0 Å². The van der Waals surface area contributed by atoms with E-state index >= 15 is 0 Å². The van der Waals surface area contributed by atoms with Gasteiger partial charge in [0.2, 0.25) is 5.88 Å². The SMILES string of the molecule is CCCOc1cc(=NC(=S)Nc2ccc(F)cc2)cnn1-c1ccccc1. The first-order valence-electron chi connectivity index (χ1n) is 8.54. The number of anilines is 1. The molecular formula is C20H19FN4OS.